The Hall–Kier alpha value is -1.35. The summed E-state index contributed by atoms with van der Waals surface area (Å²) < 4.78 is 0. The van der Waals surface area contributed by atoms with E-state index < -0.39 is 0 Å². The van der Waals surface area contributed by atoms with Crippen molar-refractivity contribution in [2.45, 2.75) is 38.0 Å². The van der Waals surface area contributed by atoms with Gasteiger partial charge in [0.25, 0.3) is 0 Å². The van der Waals surface area contributed by atoms with E-state index in [1.54, 1.807) is 7.05 Å². The first-order chi connectivity index (χ1) is 9.20. The number of amides is 1. The Morgan fingerprint density at radius 2 is 1.84 bits per heavy atom. The van der Waals surface area contributed by atoms with Gasteiger partial charge in [0.2, 0.25) is 5.91 Å². The highest BCUT2D eigenvalue weighted by atomic mass is 16.7. The van der Waals surface area contributed by atoms with E-state index in [4.69, 9.17) is 4.84 Å². The summed E-state index contributed by atoms with van der Waals surface area (Å²) in [6, 6.07) is 10.7. The molecule has 1 aliphatic rings. The molecule has 0 saturated heterocycles. The van der Waals surface area contributed by atoms with Crippen LogP contribution in [0, 0.1) is 5.92 Å². The maximum absolute atomic E-state index is 11.8. The molecule has 0 atom stereocenters. The SMILES string of the molecule is CON(C)C(=O)CC1CCC(c2ccccc2)CC1. The number of hydrogen-bond acceptors (Lipinski definition) is 2. The number of hydrogen-bond donors (Lipinski definition) is 0. The maximum atomic E-state index is 11.8. The minimum atomic E-state index is 0.0886. The van der Waals surface area contributed by atoms with Crippen LogP contribution in [0.15, 0.2) is 30.3 Å². The zero-order valence-corrected chi connectivity index (χ0v) is 11.8. The lowest BCUT2D eigenvalue weighted by atomic mass is 9.77. The molecule has 1 saturated carbocycles. The quantitative estimate of drug-likeness (QED) is 0.778. The molecule has 3 heteroatoms. The van der Waals surface area contributed by atoms with Crippen molar-refractivity contribution in [2.24, 2.45) is 5.92 Å². The van der Waals surface area contributed by atoms with E-state index in [9.17, 15) is 4.79 Å². The summed E-state index contributed by atoms with van der Waals surface area (Å²) in [5.74, 6) is 1.28. The van der Waals surface area contributed by atoms with Crippen molar-refractivity contribution < 1.29 is 9.63 Å². The molecule has 0 N–H and O–H groups in total. The molecule has 3 nitrogen and oxygen atoms in total. The molecule has 1 aromatic carbocycles. The van der Waals surface area contributed by atoms with Crippen LogP contribution < -0.4 is 0 Å². The fourth-order valence-electron chi connectivity index (χ4n) is 2.90. The first-order valence-corrected chi connectivity index (χ1v) is 7.06. The summed E-state index contributed by atoms with van der Waals surface area (Å²) >= 11 is 0. The van der Waals surface area contributed by atoms with Crippen LogP contribution in [0.1, 0.15) is 43.6 Å². The number of hydroxylamine groups is 2. The van der Waals surface area contributed by atoms with Crippen molar-refractivity contribution in [3.05, 3.63) is 35.9 Å². The van der Waals surface area contributed by atoms with E-state index in [1.807, 2.05) is 0 Å². The smallest absolute Gasteiger partial charge is 0.246 e. The Kier molecular flexibility index (Phi) is 4.97. The van der Waals surface area contributed by atoms with Gasteiger partial charge in [-0.2, -0.15) is 0 Å². The van der Waals surface area contributed by atoms with Gasteiger partial charge in [-0.15, -0.1) is 0 Å². The molecule has 0 aliphatic heterocycles. The van der Waals surface area contributed by atoms with Gasteiger partial charge in [0.1, 0.15) is 0 Å². The third-order valence-electron chi connectivity index (χ3n) is 4.21. The fraction of sp³-hybridized carbons (Fsp3) is 0.562. The van der Waals surface area contributed by atoms with E-state index in [2.05, 4.69) is 30.3 Å². The summed E-state index contributed by atoms with van der Waals surface area (Å²) in [4.78, 5) is 16.7. The van der Waals surface area contributed by atoms with Crippen LogP contribution in [0.4, 0.5) is 0 Å². The summed E-state index contributed by atoms with van der Waals surface area (Å²) in [6.07, 6.45) is 5.29. The predicted molar refractivity (Wildman–Crippen MR) is 75.5 cm³/mol. The Morgan fingerprint density at radius 3 is 2.42 bits per heavy atom. The van der Waals surface area contributed by atoms with E-state index in [0.29, 0.717) is 18.3 Å². The third-order valence-corrected chi connectivity index (χ3v) is 4.21. The van der Waals surface area contributed by atoms with Crippen LogP contribution >= 0.6 is 0 Å². The van der Waals surface area contributed by atoms with Gasteiger partial charge in [-0.3, -0.25) is 9.63 Å². The second-order valence-electron chi connectivity index (χ2n) is 5.41. The topological polar surface area (TPSA) is 29.5 Å². The standard InChI is InChI=1S/C16H23NO2/c1-17(19-2)16(18)12-13-8-10-15(11-9-13)14-6-4-3-5-7-14/h3-7,13,15H,8-12H2,1-2H3. The van der Waals surface area contributed by atoms with Gasteiger partial charge in [0.15, 0.2) is 0 Å². The maximum Gasteiger partial charge on any atom is 0.246 e. The minimum Gasteiger partial charge on any atom is -0.275 e. The first-order valence-electron chi connectivity index (χ1n) is 7.06. The van der Waals surface area contributed by atoms with Crippen LogP contribution in [0.2, 0.25) is 0 Å². The van der Waals surface area contributed by atoms with Crippen LogP contribution in [0.5, 0.6) is 0 Å². The second-order valence-corrected chi connectivity index (χ2v) is 5.41. The van der Waals surface area contributed by atoms with E-state index in [-0.39, 0.29) is 5.91 Å². The molecule has 2 rings (SSSR count). The van der Waals surface area contributed by atoms with E-state index in [0.717, 1.165) is 12.8 Å². The van der Waals surface area contributed by atoms with Crippen molar-refractivity contribution in [3.8, 4) is 0 Å². The first kappa shape index (κ1) is 14.1. The summed E-state index contributed by atoms with van der Waals surface area (Å²) in [5.41, 5.74) is 1.45. The summed E-state index contributed by atoms with van der Waals surface area (Å²) in [6.45, 7) is 0. The van der Waals surface area contributed by atoms with E-state index >= 15 is 0 Å². The second kappa shape index (κ2) is 6.71. The van der Waals surface area contributed by atoms with Gasteiger partial charge in [-0.25, -0.2) is 5.06 Å². The average molecular weight is 261 g/mol. The number of carbonyl (C=O) groups excluding carboxylic acids is 1. The fourth-order valence-corrected chi connectivity index (χ4v) is 2.90. The van der Waals surface area contributed by atoms with Gasteiger partial charge in [-0.1, -0.05) is 30.3 Å². The zero-order chi connectivity index (χ0) is 13.7. The van der Waals surface area contributed by atoms with Gasteiger partial charge in [0, 0.05) is 13.5 Å². The largest absolute Gasteiger partial charge is 0.275 e. The molecule has 1 aliphatic carbocycles. The number of nitrogens with zero attached hydrogens (tertiary/aromatic N) is 1. The lowest BCUT2D eigenvalue weighted by Crippen LogP contribution is -2.28. The minimum absolute atomic E-state index is 0.0886. The molecule has 0 aromatic heterocycles. The molecular formula is C16H23NO2. The lowest BCUT2D eigenvalue weighted by Gasteiger charge is -2.29. The summed E-state index contributed by atoms with van der Waals surface area (Å²) in [5, 5.41) is 1.34. The van der Waals surface area contributed by atoms with Gasteiger partial charge in [0.05, 0.1) is 7.11 Å². The highest BCUT2D eigenvalue weighted by Gasteiger charge is 2.24. The van der Waals surface area contributed by atoms with Crippen molar-refractivity contribution in [3.63, 3.8) is 0 Å². The van der Waals surface area contributed by atoms with Gasteiger partial charge >= 0.3 is 0 Å². The Balaban J connectivity index is 1.81. The van der Waals surface area contributed by atoms with Crippen LogP contribution in [-0.4, -0.2) is 25.1 Å². The highest BCUT2D eigenvalue weighted by Crippen LogP contribution is 2.37. The molecular weight excluding hydrogens is 238 g/mol. The molecule has 1 fully saturated rings. The normalized spacial score (nSPS) is 23.1. The molecule has 0 bridgehead atoms. The van der Waals surface area contributed by atoms with Crippen molar-refractivity contribution >= 4 is 5.91 Å². The zero-order valence-electron chi connectivity index (χ0n) is 11.8. The van der Waals surface area contributed by atoms with Crippen LogP contribution in [0.25, 0.3) is 0 Å². The Morgan fingerprint density at radius 1 is 1.21 bits per heavy atom. The van der Waals surface area contributed by atoms with Crippen molar-refractivity contribution in [2.75, 3.05) is 14.2 Å². The van der Waals surface area contributed by atoms with Crippen molar-refractivity contribution in [1.82, 2.24) is 5.06 Å². The van der Waals surface area contributed by atoms with Crippen molar-refractivity contribution in [1.29, 1.82) is 0 Å². The number of carbonyl (C=O) groups is 1. The molecule has 1 amide bonds. The van der Waals surface area contributed by atoms with Crippen LogP contribution in [-0.2, 0) is 9.63 Å². The molecule has 104 valence electrons. The molecule has 0 unspecified atom stereocenters. The Bertz CT molecular complexity index is 396. The predicted octanol–water partition coefficient (Wildman–Crippen LogP) is 3.37. The number of benzene rings is 1. The monoisotopic (exact) mass is 261 g/mol. The molecule has 19 heavy (non-hydrogen) atoms. The molecule has 0 heterocycles. The third kappa shape index (κ3) is 3.80. The van der Waals surface area contributed by atoms with Gasteiger partial charge < -0.3 is 0 Å². The number of rotatable bonds is 4. The average Bonchev–Trinajstić information content (AvgIpc) is 2.48. The molecule has 0 spiro atoms. The van der Waals surface area contributed by atoms with E-state index in [1.165, 1.54) is 30.6 Å². The molecule has 1 aromatic rings. The molecule has 0 radical (unpaired) electrons. The van der Waals surface area contributed by atoms with Gasteiger partial charge in [-0.05, 0) is 43.1 Å². The lowest BCUT2D eigenvalue weighted by molar-refractivity contribution is -0.169. The Labute approximate surface area is 115 Å². The highest BCUT2D eigenvalue weighted by molar-refractivity contribution is 5.75. The summed E-state index contributed by atoms with van der Waals surface area (Å²) in [7, 11) is 3.21. The van der Waals surface area contributed by atoms with Crippen LogP contribution in [0.3, 0.4) is 0 Å².